The summed E-state index contributed by atoms with van der Waals surface area (Å²) in [6.07, 6.45) is 2.38. The Morgan fingerprint density at radius 1 is 1.27 bits per heavy atom. The SMILES string of the molecule is CCC(CC)C1CC(F)(F)C1. The average Bonchev–Trinajstić information content (AvgIpc) is 1.86. The third-order valence-electron chi connectivity index (χ3n) is 2.84. The summed E-state index contributed by atoms with van der Waals surface area (Å²) in [5.74, 6) is -1.48. The van der Waals surface area contributed by atoms with Gasteiger partial charge in [-0.1, -0.05) is 26.7 Å². The number of hydrogen-bond acceptors (Lipinski definition) is 0. The van der Waals surface area contributed by atoms with Crippen molar-refractivity contribution in [1.29, 1.82) is 0 Å². The molecule has 0 radical (unpaired) electrons. The molecule has 0 bridgehead atoms. The van der Waals surface area contributed by atoms with Gasteiger partial charge >= 0.3 is 0 Å². The lowest BCUT2D eigenvalue weighted by Crippen LogP contribution is -2.39. The van der Waals surface area contributed by atoms with E-state index in [0.717, 1.165) is 12.8 Å². The second-order valence-electron chi connectivity index (χ2n) is 3.60. The van der Waals surface area contributed by atoms with Crippen LogP contribution < -0.4 is 0 Å². The lowest BCUT2D eigenvalue weighted by atomic mass is 9.71. The largest absolute Gasteiger partial charge is 0.248 e. The van der Waals surface area contributed by atoms with Crippen LogP contribution >= 0.6 is 0 Å². The zero-order valence-corrected chi connectivity index (χ0v) is 7.24. The highest BCUT2D eigenvalue weighted by molar-refractivity contribution is 4.89. The third-order valence-corrected chi connectivity index (χ3v) is 2.84. The van der Waals surface area contributed by atoms with Gasteiger partial charge in [0.15, 0.2) is 0 Å². The zero-order chi connectivity index (χ0) is 8.48. The van der Waals surface area contributed by atoms with E-state index in [1.807, 2.05) is 0 Å². The van der Waals surface area contributed by atoms with E-state index in [4.69, 9.17) is 0 Å². The molecule has 11 heavy (non-hydrogen) atoms. The Kier molecular flexibility index (Phi) is 2.50. The van der Waals surface area contributed by atoms with E-state index in [0.29, 0.717) is 11.8 Å². The van der Waals surface area contributed by atoms with E-state index in [2.05, 4.69) is 13.8 Å². The van der Waals surface area contributed by atoms with E-state index >= 15 is 0 Å². The molecule has 0 aliphatic heterocycles. The second-order valence-corrected chi connectivity index (χ2v) is 3.60. The van der Waals surface area contributed by atoms with E-state index in [1.165, 1.54) is 0 Å². The molecule has 1 fully saturated rings. The van der Waals surface area contributed by atoms with Crippen LogP contribution in [-0.2, 0) is 0 Å². The van der Waals surface area contributed by atoms with Gasteiger partial charge in [0.25, 0.3) is 0 Å². The molecule has 0 aromatic heterocycles. The van der Waals surface area contributed by atoms with Crippen LogP contribution in [0.1, 0.15) is 39.5 Å². The highest BCUT2D eigenvalue weighted by atomic mass is 19.3. The van der Waals surface area contributed by atoms with Crippen LogP contribution in [0.4, 0.5) is 8.78 Å². The standard InChI is InChI=1S/C9H16F2/c1-3-7(4-2)8-5-9(10,11)6-8/h7-8H,3-6H2,1-2H3. The Morgan fingerprint density at radius 3 is 2.00 bits per heavy atom. The first-order valence-electron chi connectivity index (χ1n) is 4.47. The van der Waals surface area contributed by atoms with E-state index < -0.39 is 5.92 Å². The van der Waals surface area contributed by atoms with Gasteiger partial charge in [0.1, 0.15) is 0 Å². The summed E-state index contributed by atoms with van der Waals surface area (Å²) in [4.78, 5) is 0. The summed E-state index contributed by atoms with van der Waals surface area (Å²) in [6.45, 7) is 4.18. The molecule has 0 nitrogen and oxygen atoms in total. The summed E-state index contributed by atoms with van der Waals surface area (Å²) in [6, 6.07) is 0. The van der Waals surface area contributed by atoms with Crippen molar-refractivity contribution in [3.63, 3.8) is 0 Å². The molecule has 0 N–H and O–H groups in total. The first-order chi connectivity index (χ1) is 5.09. The molecule has 0 aromatic carbocycles. The molecule has 0 saturated heterocycles. The van der Waals surface area contributed by atoms with Crippen molar-refractivity contribution >= 4 is 0 Å². The summed E-state index contributed by atoms with van der Waals surface area (Å²) < 4.78 is 24.8. The fourth-order valence-corrected chi connectivity index (χ4v) is 2.00. The van der Waals surface area contributed by atoms with Crippen LogP contribution in [0, 0.1) is 11.8 Å². The summed E-state index contributed by atoms with van der Waals surface area (Å²) in [5.41, 5.74) is 0. The van der Waals surface area contributed by atoms with Gasteiger partial charge in [-0.2, -0.15) is 0 Å². The van der Waals surface area contributed by atoms with Gasteiger partial charge in [-0.25, -0.2) is 8.78 Å². The van der Waals surface area contributed by atoms with Gasteiger partial charge in [0.2, 0.25) is 5.92 Å². The quantitative estimate of drug-likeness (QED) is 0.596. The summed E-state index contributed by atoms with van der Waals surface area (Å²) in [5, 5.41) is 0. The van der Waals surface area contributed by atoms with Crippen molar-refractivity contribution in [2.24, 2.45) is 11.8 Å². The predicted molar refractivity (Wildman–Crippen MR) is 41.7 cm³/mol. The number of alkyl halides is 2. The van der Waals surface area contributed by atoms with Gasteiger partial charge in [0.05, 0.1) is 0 Å². The monoisotopic (exact) mass is 162 g/mol. The van der Waals surface area contributed by atoms with Crippen LogP contribution in [0.2, 0.25) is 0 Å². The fraction of sp³-hybridized carbons (Fsp3) is 1.00. The van der Waals surface area contributed by atoms with Gasteiger partial charge < -0.3 is 0 Å². The molecule has 0 unspecified atom stereocenters. The molecule has 66 valence electrons. The van der Waals surface area contributed by atoms with Gasteiger partial charge in [-0.05, 0) is 11.8 Å². The number of halogens is 2. The molecule has 1 rings (SSSR count). The summed E-state index contributed by atoms with van der Waals surface area (Å²) in [7, 11) is 0. The predicted octanol–water partition coefficient (Wildman–Crippen LogP) is 3.47. The van der Waals surface area contributed by atoms with E-state index in [1.54, 1.807) is 0 Å². The van der Waals surface area contributed by atoms with Crippen molar-refractivity contribution in [3.8, 4) is 0 Å². The smallest absolute Gasteiger partial charge is 0.207 e. The number of rotatable bonds is 3. The lowest BCUT2D eigenvalue weighted by Gasteiger charge is -2.39. The van der Waals surface area contributed by atoms with E-state index in [-0.39, 0.29) is 12.8 Å². The lowest BCUT2D eigenvalue weighted by molar-refractivity contribution is -0.126. The topological polar surface area (TPSA) is 0 Å². The van der Waals surface area contributed by atoms with Crippen LogP contribution in [0.25, 0.3) is 0 Å². The highest BCUT2D eigenvalue weighted by Crippen LogP contribution is 2.47. The summed E-state index contributed by atoms with van der Waals surface area (Å²) >= 11 is 0. The molecule has 0 atom stereocenters. The van der Waals surface area contributed by atoms with Crippen molar-refractivity contribution in [2.45, 2.75) is 45.5 Å². The molecule has 0 amide bonds. The van der Waals surface area contributed by atoms with Crippen LogP contribution in [0.5, 0.6) is 0 Å². The van der Waals surface area contributed by atoms with Gasteiger partial charge in [0, 0.05) is 12.8 Å². The Balaban J connectivity index is 2.30. The average molecular weight is 162 g/mol. The molecule has 1 aliphatic carbocycles. The zero-order valence-electron chi connectivity index (χ0n) is 7.24. The third kappa shape index (κ3) is 1.91. The highest BCUT2D eigenvalue weighted by Gasteiger charge is 2.47. The van der Waals surface area contributed by atoms with Crippen molar-refractivity contribution < 1.29 is 8.78 Å². The van der Waals surface area contributed by atoms with Crippen LogP contribution in [0.3, 0.4) is 0 Å². The fourth-order valence-electron chi connectivity index (χ4n) is 2.00. The minimum atomic E-state index is -2.33. The van der Waals surface area contributed by atoms with Crippen molar-refractivity contribution in [2.75, 3.05) is 0 Å². The Bertz CT molecular complexity index is 120. The first kappa shape index (κ1) is 8.95. The maximum absolute atomic E-state index is 12.4. The first-order valence-corrected chi connectivity index (χ1v) is 4.47. The molecule has 1 saturated carbocycles. The molecule has 0 heterocycles. The minimum Gasteiger partial charge on any atom is -0.207 e. The van der Waals surface area contributed by atoms with Gasteiger partial charge in [-0.3, -0.25) is 0 Å². The van der Waals surface area contributed by atoms with Crippen LogP contribution in [0.15, 0.2) is 0 Å². The second kappa shape index (κ2) is 3.08. The molecule has 2 heteroatoms. The maximum atomic E-state index is 12.4. The molecule has 0 spiro atoms. The number of hydrogen-bond donors (Lipinski definition) is 0. The van der Waals surface area contributed by atoms with Crippen molar-refractivity contribution in [1.82, 2.24) is 0 Å². The molecular formula is C9H16F2. The van der Waals surface area contributed by atoms with Gasteiger partial charge in [-0.15, -0.1) is 0 Å². The molecule has 1 aliphatic rings. The van der Waals surface area contributed by atoms with Crippen molar-refractivity contribution in [3.05, 3.63) is 0 Å². The van der Waals surface area contributed by atoms with E-state index in [9.17, 15) is 8.78 Å². The molecular weight excluding hydrogens is 146 g/mol. The van der Waals surface area contributed by atoms with Crippen LogP contribution in [-0.4, -0.2) is 5.92 Å². The normalized spacial score (nSPS) is 23.7. The minimum absolute atomic E-state index is 0.138. The Morgan fingerprint density at radius 2 is 1.73 bits per heavy atom. The maximum Gasteiger partial charge on any atom is 0.248 e. The molecule has 0 aromatic rings. The Hall–Kier alpha value is -0.140. The Labute approximate surface area is 67.0 Å².